The lowest BCUT2D eigenvalue weighted by Crippen LogP contribution is -1.95. The summed E-state index contributed by atoms with van der Waals surface area (Å²) in [6.07, 6.45) is 5.55. The molecule has 0 heterocycles. The Bertz CT molecular complexity index is 526. The van der Waals surface area contributed by atoms with E-state index < -0.39 is 0 Å². The molecule has 0 saturated heterocycles. The van der Waals surface area contributed by atoms with Crippen LogP contribution in [-0.4, -0.2) is 12.8 Å². The molecule has 20 heavy (non-hydrogen) atoms. The van der Waals surface area contributed by atoms with Crippen LogP contribution in [0.15, 0.2) is 72.8 Å². The first-order valence-corrected chi connectivity index (χ1v) is 6.57. The van der Waals surface area contributed by atoms with Crippen molar-refractivity contribution in [3.05, 3.63) is 78.9 Å². The molecule has 0 aliphatic rings. The van der Waals surface area contributed by atoms with Crippen LogP contribution in [0, 0.1) is 0 Å². The summed E-state index contributed by atoms with van der Waals surface area (Å²) in [6.45, 7) is 17.0. The molecule has 1 rings (SSSR count). The van der Waals surface area contributed by atoms with Gasteiger partial charge in [0, 0.05) is 12.8 Å². The third-order valence-electron chi connectivity index (χ3n) is 2.47. The van der Waals surface area contributed by atoms with Crippen molar-refractivity contribution in [3.63, 3.8) is 0 Å². The summed E-state index contributed by atoms with van der Waals surface area (Å²) in [5.41, 5.74) is 5.54. The second-order valence-corrected chi connectivity index (χ2v) is 4.66. The third kappa shape index (κ3) is 6.69. The number of aliphatic imine (C=N–C) groups is 1. The summed E-state index contributed by atoms with van der Waals surface area (Å²) in [5.74, 6) is 0. The Morgan fingerprint density at radius 2 is 1.65 bits per heavy atom. The summed E-state index contributed by atoms with van der Waals surface area (Å²) in [6, 6.07) is 8.25. The number of rotatable bonds is 4. The topological polar surface area (TPSA) is 12.4 Å². The van der Waals surface area contributed by atoms with E-state index in [0.717, 1.165) is 22.4 Å². The van der Waals surface area contributed by atoms with Gasteiger partial charge in [-0.05, 0) is 43.5 Å². The van der Waals surface area contributed by atoms with E-state index in [1.807, 2.05) is 39.0 Å². The summed E-state index contributed by atoms with van der Waals surface area (Å²) in [7, 11) is 1.80. The molecule has 0 saturated carbocycles. The van der Waals surface area contributed by atoms with Gasteiger partial charge in [-0.25, -0.2) is 0 Å². The van der Waals surface area contributed by atoms with Crippen LogP contribution in [0.5, 0.6) is 0 Å². The minimum absolute atomic E-state index is 1.03. The normalized spacial score (nSPS) is 11.2. The molecule has 1 nitrogen and oxygen atoms in total. The van der Waals surface area contributed by atoms with Gasteiger partial charge in [0.15, 0.2) is 0 Å². The largest absolute Gasteiger partial charge is 0.293 e. The highest BCUT2D eigenvalue weighted by molar-refractivity contribution is 5.99. The van der Waals surface area contributed by atoms with Gasteiger partial charge in [-0.3, -0.25) is 4.99 Å². The van der Waals surface area contributed by atoms with Gasteiger partial charge in [0.25, 0.3) is 0 Å². The minimum Gasteiger partial charge on any atom is -0.293 e. The van der Waals surface area contributed by atoms with Crippen LogP contribution in [0.3, 0.4) is 0 Å². The zero-order valence-electron chi connectivity index (χ0n) is 13.1. The van der Waals surface area contributed by atoms with Crippen LogP contribution in [0.25, 0.3) is 5.57 Å². The molecule has 0 N–H and O–H groups in total. The van der Waals surface area contributed by atoms with Crippen LogP contribution in [0.2, 0.25) is 0 Å². The van der Waals surface area contributed by atoms with Crippen molar-refractivity contribution in [2.45, 2.75) is 20.8 Å². The molecule has 0 aromatic heterocycles. The average molecular weight is 267 g/mol. The lowest BCUT2D eigenvalue weighted by atomic mass is 10.0. The van der Waals surface area contributed by atoms with E-state index >= 15 is 0 Å². The van der Waals surface area contributed by atoms with Gasteiger partial charge < -0.3 is 0 Å². The van der Waals surface area contributed by atoms with E-state index in [9.17, 15) is 0 Å². The monoisotopic (exact) mass is 267 g/mol. The molecule has 0 bridgehead atoms. The second-order valence-electron chi connectivity index (χ2n) is 4.66. The molecule has 0 unspecified atom stereocenters. The predicted molar refractivity (Wildman–Crippen MR) is 93.4 cm³/mol. The van der Waals surface area contributed by atoms with Crippen LogP contribution in [-0.2, 0) is 0 Å². The lowest BCUT2D eigenvalue weighted by molar-refractivity contribution is 1.41. The van der Waals surface area contributed by atoms with E-state index in [2.05, 4.69) is 42.9 Å². The van der Waals surface area contributed by atoms with E-state index in [1.165, 1.54) is 5.57 Å². The molecule has 1 aromatic carbocycles. The van der Waals surface area contributed by atoms with Crippen LogP contribution in [0.4, 0.5) is 0 Å². The highest BCUT2D eigenvalue weighted by Crippen LogP contribution is 2.17. The Labute approximate surface area is 123 Å². The molecule has 1 aromatic rings. The molecule has 0 atom stereocenters. The molecule has 0 fully saturated rings. The maximum atomic E-state index is 4.18. The number of nitrogens with zero attached hydrogens (tertiary/aromatic N) is 1. The fourth-order valence-corrected chi connectivity index (χ4v) is 1.46. The maximum absolute atomic E-state index is 4.18. The van der Waals surface area contributed by atoms with Crippen molar-refractivity contribution in [1.29, 1.82) is 0 Å². The Morgan fingerprint density at radius 3 is 2.10 bits per heavy atom. The number of hydrogen-bond donors (Lipinski definition) is 0. The Kier molecular flexibility index (Phi) is 8.69. The van der Waals surface area contributed by atoms with Gasteiger partial charge in [-0.2, -0.15) is 0 Å². The number of hydrogen-bond acceptors (Lipinski definition) is 1. The fraction of sp³-hybridized carbons (Fsp3) is 0.211. The van der Waals surface area contributed by atoms with E-state index in [1.54, 1.807) is 13.1 Å². The Morgan fingerprint density at radius 1 is 1.10 bits per heavy atom. The van der Waals surface area contributed by atoms with Crippen molar-refractivity contribution in [2.75, 3.05) is 7.05 Å². The summed E-state index contributed by atoms with van der Waals surface area (Å²) in [5, 5.41) is 0. The van der Waals surface area contributed by atoms with Gasteiger partial charge in [0.1, 0.15) is 0 Å². The summed E-state index contributed by atoms with van der Waals surface area (Å²) in [4.78, 5) is 4.18. The van der Waals surface area contributed by atoms with Crippen LogP contribution >= 0.6 is 0 Å². The van der Waals surface area contributed by atoms with Crippen LogP contribution < -0.4 is 0 Å². The second kappa shape index (κ2) is 9.74. The zero-order valence-corrected chi connectivity index (χ0v) is 13.1. The predicted octanol–water partition coefficient (Wildman–Crippen LogP) is 5.46. The van der Waals surface area contributed by atoms with Gasteiger partial charge in [0.05, 0.1) is 0 Å². The standard InChI is InChI=1S/C15H17N.C4H8/c1-5-8-13(6-2)15-10-7-9-14(11-15)12(3)16-4;1-4(2)3/h5-11H,1-2H2,3-4H3;1H2,2-3H3/b13-8+,16-12?;. The molecule has 0 amide bonds. The van der Waals surface area contributed by atoms with Crippen molar-refractivity contribution in [1.82, 2.24) is 0 Å². The van der Waals surface area contributed by atoms with Crippen molar-refractivity contribution >= 4 is 11.3 Å². The molecule has 0 radical (unpaired) electrons. The van der Waals surface area contributed by atoms with Crippen molar-refractivity contribution < 1.29 is 0 Å². The van der Waals surface area contributed by atoms with E-state index in [-0.39, 0.29) is 0 Å². The first-order chi connectivity index (χ1) is 9.46. The number of allylic oxidation sites excluding steroid dienone is 5. The number of benzene rings is 1. The Hall–Kier alpha value is -2.15. The lowest BCUT2D eigenvalue weighted by Gasteiger charge is -2.05. The summed E-state index contributed by atoms with van der Waals surface area (Å²) < 4.78 is 0. The fourth-order valence-electron chi connectivity index (χ4n) is 1.46. The maximum Gasteiger partial charge on any atom is 0.0386 e. The molecular weight excluding hydrogens is 242 g/mol. The van der Waals surface area contributed by atoms with E-state index in [0.29, 0.717) is 0 Å². The smallest absolute Gasteiger partial charge is 0.0386 e. The quantitative estimate of drug-likeness (QED) is 0.390. The molecule has 106 valence electrons. The van der Waals surface area contributed by atoms with Gasteiger partial charge in [-0.15, -0.1) is 6.58 Å². The van der Waals surface area contributed by atoms with Crippen LogP contribution in [0.1, 0.15) is 31.9 Å². The Balaban J connectivity index is 0.000000796. The van der Waals surface area contributed by atoms with Gasteiger partial charge in [-0.1, -0.05) is 55.2 Å². The SMILES string of the molecule is C=C(C)C.C=C/C=C(\C=C)c1cccc(C(C)=NC)c1. The van der Waals surface area contributed by atoms with E-state index in [4.69, 9.17) is 0 Å². The molecule has 0 aliphatic carbocycles. The van der Waals surface area contributed by atoms with Crippen molar-refractivity contribution in [3.8, 4) is 0 Å². The molecule has 0 aliphatic heterocycles. The first-order valence-electron chi connectivity index (χ1n) is 6.57. The van der Waals surface area contributed by atoms with Crippen molar-refractivity contribution in [2.24, 2.45) is 4.99 Å². The minimum atomic E-state index is 1.03. The highest BCUT2D eigenvalue weighted by atomic mass is 14.7. The van der Waals surface area contributed by atoms with Gasteiger partial charge in [0.2, 0.25) is 0 Å². The highest BCUT2D eigenvalue weighted by Gasteiger charge is 2.00. The average Bonchev–Trinajstić information content (AvgIpc) is 2.43. The first kappa shape index (κ1) is 17.8. The third-order valence-corrected chi connectivity index (χ3v) is 2.47. The summed E-state index contributed by atoms with van der Waals surface area (Å²) >= 11 is 0. The molecule has 1 heteroatoms. The molecular formula is C19H25N. The van der Waals surface area contributed by atoms with Gasteiger partial charge >= 0.3 is 0 Å². The molecule has 0 spiro atoms. The zero-order chi connectivity index (χ0) is 15.5.